The molecular formula is C11H13ClN4OS2. The zero-order valence-electron chi connectivity index (χ0n) is 10.5. The first-order valence-corrected chi connectivity index (χ1v) is 7.65. The number of nitrogens with zero attached hydrogens (tertiary/aromatic N) is 3. The number of hydrogen-bond acceptors (Lipinski definition) is 6. The molecule has 2 aromatic rings. The first kappa shape index (κ1) is 14.4. The lowest BCUT2D eigenvalue weighted by Gasteiger charge is -2.05. The summed E-state index contributed by atoms with van der Waals surface area (Å²) in [5, 5.41) is 14.4. The van der Waals surface area contributed by atoms with Crippen molar-refractivity contribution in [3.63, 3.8) is 0 Å². The molecule has 0 aliphatic rings. The van der Waals surface area contributed by atoms with Crippen LogP contribution in [-0.4, -0.2) is 41.6 Å². The van der Waals surface area contributed by atoms with Gasteiger partial charge >= 0.3 is 0 Å². The number of likely N-dealkylation sites (N-methyl/N-ethyl adjacent to an activating group) is 1. The Kier molecular flexibility index (Phi) is 4.87. The Bertz CT molecular complexity index is 567. The van der Waals surface area contributed by atoms with E-state index >= 15 is 0 Å². The monoisotopic (exact) mass is 316 g/mol. The summed E-state index contributed by atoms with van der Waals surface area (Å²) in [5.74, 6) is -0.240. The average molecular weight is 317 g/mol. The van der Waals surface area contributed by atoms with Crippen molar-refractivity contribution in [1.82, 2.24) is 15.1 Å². The molecule has 0 unspecified atom stereocenters. The van der Waals surface area contributed by atoms with Crippen LogP contribution in [-0.2, 0) is 6.42 Å². The highest BCUT2D eigenvalue weighted by atomic mass is 35.5. The van der Waals surface area contributed by atoms with Gasteiger partial charge in [-0.25, -0.2) is 0 Å². The van der Waals surface area contributed by atoms with E-state index in [1.807, 2.05) is 14.1 Å². The molecule has 0 bridgehead atoms. The second-order valence-electron chi connectivity index (χ2n) is 4.11. The van der Waals surface area contributed by atoms with Gasteiger partial charge in [-0.15, -0.1) is 21.5 Å². The number of nitrogens with one attached hydrogen (secondary N) is 1. The van der Waals surface area contributed by atoms with Gasteiger partial charge in [0.05, 0.1) is 5.02 Å². The molecule has 2 aromatic heterocycles. The van der Waals surface area contributed by atoms with Crippen LogP contribution in [0.3, 0.4) is 0 Å². The van der Waals surface area contributed by atoms with Crippen LogP contribution in [0.5, 0.6) is 0 Å². The van der Waals surface area contributed by atoms with Crippen molar-refractivity contribution in [3.8, 4) is 0 Å². The minimum atomic E-state index is -0.240. The van der Waals surface area contributed by atoms with Crippen molar-refractivity contribution < 1.29 is 4.79 Å². The second kappa shape index (κ2) is 6.42. The maximum absolute atomic E-state index is 11.9. The van der Waals surface area contributed by atoms with Gasteiger partial charge in [-0.05, 0) is 25.5 Å². The molecule has 2 heterocycles. The van der Waals surface area contributed by atoms with Gasteiger partial charge in [0.1, 0.15) is 9.88 Å². The summed E-state index contributed by atoms with van der Waals surface area (Å²) in [6, 6.07) is 1.70. The SMILES string of the molecule is CN(C)CCc1nnc(NC(=O)c2sccc2Cl)s1. The third-order valence-electron chi connectivity index (χ3n) is 2.28. The summed E-state index contributed by atoms with van der Waals surface area (Å²) in [6.45, 7) is 0.902. The number of hydrogen-bond donors (Lipinski definition) is 1. The van der Waals surface area contributed by atoms with Gasteiger partial charge in [0.25, 0.3) is 5.91 Å². The minimum absolute atomic E-state index is 0.240. The number of halogens is 1. The molecular weight excluding hydrogens is 304 g/mol. The summed E-state index contributed by atoms with van der Waals surface area (Å²) in [6.07, 6.45) is 0.820. The lowest BCUT2D eigenvalue weighted by atomic mass is 10.4. The summed E-state index contributed by atoms with van der Waals surface area (Å²) >= 11 is 8.59. The van der Waals surface area contributed by atoms with E-state index in [1.54, 1.807) is 11.4 Å². The lowest BCUT2D eigenvalue weighted by molar-refractivity contribution is 0.103. The second-order valence-corrected chi connectivity index (χ2v) is 6.49. The fraction of sp³-hybridized carbons (Fsp3) is 0.364. The standard InChI is InChI=1S/C11H13ClN4OS2/c1-16(2)5-3-8-14-15-11(19-8)13-10(17)9-7(12)4-6-18-9/h4,6H,3,5H2,1-2H3,(H,13,15,17). The number of anilines is 1. The summed E-state index contributed by atoms with van der Waals surface area (Å²) in [5.41, 5.74) is 0. The zero-order valence-corrected chi connectivity index (χ0v) is 12.9. The molecule has 1 N–H and O–H groups in total. The predicted octanol–water partition coefficient (Wildman–Crippen LogP) is 2.61. The van der Waals surface area contributed by atoms with Crippen molar-refractivity contribution in [3.05, 3.63) is 26.4 Å². The number of carbonyl (C=O) groups excluding carboxylic acids is 1. The number of amides is 1. The highest BCUT2D eigenvalue weighted by molar-refractivity contribution is 7.15. The molecule has 0 saturated carbocycles. The number of carbonyl (C=O) groups is 1. The van der Waals surface area contributed by atoms with Gasteiger partial charge in [0.15, 0.2) is 0 Å². The van der Waals surface area contributed by atoms with Gasteiger partial charge in [0, 0.05) is 13.0 Å². The number of rotatable bonds is 5. The van der Waals surface area contributed by atoms with Crippen LogP contribution >= 0.6 is 34.3 Å². The average Bonchev–Trinajstić information content (AvgIpc) is 2.95. The van der Waals surface area contributed by atoms with Crippen LogP contribution in [0.25, 0.3) is 0 Å². The van der Waals surface area contributed by atoms with Gasteiger partial charge in [-0.2, -0.15) is 0 Å². The van der Waals surface area contributed by atoms with Crippen molar-refractivity contribution in [1.29, 1.82) is 0 Å². The maximum atomic E-state index is 11.9. The summed E-state index contributed by atoms with van der Waals surface area (Å²) in [7, 11) is 4.00. The first-order chi connectivity index (χ1) is 9.06. The Morgan fingerprint density at radius 1 is 1.47 bits per heavy atom. The van der Waals surface area contributed by atoms with Crippen LogP contribution < -0.4 is 5.32 Å². The number of aromatic nitrogens is 2. The third kappa shape index (κ3) is 3.97. The molecule has 0 fully saturated rings. The van der Waals surface area contributed by atoms with E-state index in [0.29, 0.717) is 15.0 Å². The minimum Gasteiger partial charge on any atom is -0.309 e. The highest BCUT2D eigenvalue weighted by Crippen LogP contribution is 2.24. The van der Waals surface area contributed by atoms with Gasteiger partial charge in [0.2, 0.25) is 5.13 Å². The molecule has 5 nitrogen and oxygen atoms in total. The Balaban J connectivity index is 1.96. The van der Waals surface area contributed by atoms with Crippen molar-refractivity contribution in [2.75, 3.05) is 26.0 Å². The van der Waals surface area contributed by atoms with Gasteiger partial charge < -0.3 is 4.90 Å². The van der Waals surface area contributed by atoms with Crippen LogP contribution in [0, 0.1) is 0 Å². The van der Waals surface area contributed by atoms with E-state index in [9.17, 15) is 4.79 Å². The quantitative estimate of drug-likeness (QED) is 0.921. The predicted molar refractivity (Wildman–Crippen MR) is 79.4 cm³/mol. The Morgan fingerprint density at radius 2 is 2.26 bits per heavy atom. The molecule has 19 heavy (non-hydrogen) atoms. The van der Waals surface area contributed by atoms with Crippen molar-refractivity contribution in [2.24, 2.45) is 0 Å². The fourth-order valence-electron chi connectivity index (χ4n) is 1.33. The topological polar surface area (TPSA) is 58.1 Å². The lowest BCUT2D eigenvalue weighted by Crippen LogP contribution is -2.14. The van der Waals surface area contributed by atoms with Crippen LogP contribution in [0.2, 0.25) is 5.02 Å². The molecule has 0 radical (unpaired) electrons. The van der Waals surface area contributed by atoms with E-state index in [4.69, 9.17) is 11.6 Å². The summed E-state index contributed by atoms with van der Waals surface area (Å²) < 4.78 is 0. The van der Waals surface area contributed by atoms with E-state index in [-0.39, 0.29) is 5.91 Å². The van der Waals surface area contributed by atoms with E-state index in [1.165, 1.54) is 22.7 Å². The van der Waals surface area contributed by atoms with E-state index in [0.717, 1.165) is 18.0 Å². The molecule has 102 valence electrons. The number of thiophene rings is 1. The molecule has 0 spiro atoms. The first-order valence-electron chi connectivity index (χ1n) is 5.57. The molecule has 0 aromatic carbocycles. The third-order valence-corrected chi connectivity index (χ3v) is 4.52. The zero-order chi connectivity index (χ0) is 13.8. The van der Waals surface area contributed by atoms with Gasteiger partial charge in [-0.3, -0.25) is 10.1 Å². The molecule has 1 amide bonds. The van der Waals surface area contributed by atoms with Crippen LogP contribution in [0.1, 0.15) is 14.7 Å². The van der Waals surface area contributed by atoms with Gasteiger partial charge in [-0.1, -0.05) is 22.9 Å². The molecule has 8 heteroatoms. The van der Waals surface area contributed by atoms with Crippen molar-refractivity contribution >= 4 is 45.3 Å². The van der Waals surface area contributed by atoms with Crippen molar-refractivity contribution in [2.45, 2.75) is 6.42 Å². The molecule has 0 atom stereocenters. The van der Waals surface area contributed by atoms with E-state index < -0.39 is 0 Å². The fourth-order valence-corrected chi connectivity index (χ4v) is 3.09. The maximum Gasteiger partial charge on any atom is 0.269 e. The largest absolute Gasteiger partial charge is 0.309 e. The normalized spacial score (nSPS) is 10.9. The van der Waals surface area contributed by atoms with Crippen LogP contribution in [0.4, 0.5) is 5.13 Å². The highest BCUT2D eigenvalue weighted by Gasteiger charge is 2.14. The molecule has 2 rings (SSSR count). The van der Waals surface area contributed by atoms with E-state index in [2.05, 4.69) is 20.4 Å². The Morgan fingerprint density at radius 3 is 2.89 bits per heavy atom. The molecule has 0 aliphatic heterocycles. The van der Waals surface area contributed by atoms with Crippen LogP contribution in [0.15, 0.2) is 11.4 Å². The molecule has 0 aliphatic carbocycles. The Hall–Kier alpha value is -1.02. The molecule has 0 saturated heterocycles. The smallest absolute Gasteiger partial charge is 0.269 e. The Labute approximate surface area is 124 Å². The summed E-state index contributed by atoms with van der Waals surface area (Å²) in [4.78, 5) is 14.5.